The van der Waals surface area contributed by atoms with Crippen LogP contribution in [0.4, 0.5) is 10.2 Å². The summed E-state index contributed by atoms with van der Waals surface area (Å²) in [5, 5.41) is 5.77. The Balaban J connectivity index is 2.08. The molecule has 1 aromatic heterocycles. The topological polar surface area (TPSA) is 66.9 Å². The maximum absolute atomic E-state index is 13.2. The first kappa shape index (κ1) is 14.9. The monoisotopic (exact) mass is 288 g/mol. The third-order valence-corrected chi connectivity index (χ3v) is 2.92. The van der Waals surface area contributed by atoms with Gasteiger partial charge in [0.1, 0.15) is 17.3 Å². The van der Waals surface area contributed by atoms with Crippen LogP contribution >= 0.6 is 0 Å². The summed E-state index contributed by atoms with van der Waals surface area (Å²) in [6.07, 6.45) is 2.95. The van der Waals surface area contributed by atoms with Gasteiger partial charge in [-0.3, -0.25) is 9.78 Å². The Morgan fingerprint density at radius 1 is 1.38 bits per heavy atom. The number of nitrogens with zero attached hydrogens (tertiary/aromatic N) is 2. The molecule has 2 N–H and O–H groups in total. The van der Waals surface area contributed by atoms with Crippen molar-refractivity contribution in [2.75, 3.05) is 11.9 Å². The van der Waals surface area contributed by atoms with E-state index >= 15 is 0 Å². The lowest BCUT2D eigenvalue weighted by Gasteiger charge is -2.14. The maximum Gasteiger partial charge on any atom is 0.272 e. The average molecular weight is 288 g/mol. The third-order valence-electron chi connectivity index (χ3n) is 2.92. The number of aromatic nitrogens is 2. The molecule has 5 nitrogen and oxygen atoms in total. The van der Waals surface area contributed by atoms with Crippen molar-refractivity contribution in [2.45, 2.75) is 19.9 Å². The Morgan fingerprint density at radius 3 is 2.90 bits per heavy atom. The summed E-state index contributed by atoms with van der Waals surface area (Å²) >= 11 is 0. The zero-order valence-electron chi connectivity index (χ0n) is 11.9. The molecule has 1 unspecified atom stereocenters. The van der Waals surface area contributed by atoms with Crippen LogP contribution in [0, 0.1) is 5.82 Å². The predicted molar refractivity (Wildman–Crippen MR) is 78.5 cm³/mol. The minimum atomic E-state index is -0.348. The Bertz CT molecular complexity index is 633. The van der Waals surface area contributed by atoms with Crippen molar-refractivity contribution in [3.8, 4) is 0 Å². The van der Waals surface area contributed by atoms with Gasteiger partial charge in [-0.2, -0.15) is 0 Å². The van der Waals surface area contributed by atoms with E-state index < -0.39 is 0 Å². The third kappa shape index (κ3) is 3.98. The lowest BCUT2D eigenvalue weighted by Crippen LogP contribution is -2.27. The van der Waals surface area contributed by atoms with E-state index in [0.717, 1.165) is 0 Å². The second kappa shape index (κ2) is 6.78. The van der Waals surface area contributed by atoms with Crippen molar-refractivity contribution < 1.29 is 9.18 Å². The van der Waals surface area contributed by atoms with E-state index in [1.165, 1.54) is 18.3 Å². The van der Waals surface area contributed by atoms with Gasteiger partial charge in [-0.25, -0.2) is 9.37 Å². The van der Waals surface area contributed by atoms with Gasteiger partial charge in [-0.1, -0.05) is 12.1 Å². The quantitative estimate of drug-likeness (QED) is 0.887. The number of hydrogen-bond donors (Lipinski definition) is 2. The van der Waals surface area contributed by atoms with Crippen molar-refractivity contribution in [3.05, 3.63) is 53.7 Å². The molecule has 0 aliphatic heterocycles. The molecule has 2 aromatic rings. The minimum absolute atomic E-state index is 0.219. The molecule has 2 rings (SSSR count). The second-order valence-electron chi connectivity index (χ2n) is 4.57. The van der Waals surface area contributed by atoms with E-state index in [1.807, 2.05) is 6.92 Å². The molecule has 1 aromatic carbocycles. The number of benzene rings is 1. The molecule has 0 aliphatic rings. The highest BCUT2D eigenvalue weighted by molar-refractivity contribution is 5.92. The highest BCUT2D eigenvalue weighted by atomic mass is 19.1. The van der Waals surface area contributed by atoms with E-state index in [2.05, 4.69) is 20.6 Å². The standard InChI is InChI=1S/C15H17FN4O/c1-3-18-14-9-17-8-13(20-14)15(21)19-10(2)11-5-4-6-12(16)7-11/h4-10H,3H2,1-2H3,(H,18,20)(H,19,21). The molecule has 0 spiro atoms. The number of amides is 1. The van der Waals surface area contributed by atoms with Gasteiger partial charge in [-0.15, -0.1) is 0 Å². The first-order chi connectivity index (χ1) is 10.1. The van der Waals surface area contributed by atoms with Gasteiger partial charge in [0.05, 0.1) is 18.4 Å². The van der Waals surface area contributed by atoms with Crippen molar-refractivity contribution in [2.24, 2.45) is 0 Å². The van der Waals surface area contributed by atoms with E-state index in [4.69, 9.17) is 0 Å². The van der Waals surface area contributed by atoms with E-state index in [9.17, 15) is 9.18 Å². The molecule has 0 fully saturated rings. The molecule has 110 valence electrons. The van der Waals surface area contributed by atoms with E-state index in [0.29, 0.717) is 17.9 Å². The van der Waals surface area contributed by atoms with Crippen molar-refractivity contribution in [1.29, 1.82) is 0 Å². The van der Waals surface area contributed by atoms with Gasteiger partial charge in [0.2, 0.25) is 0 Å². The summed E-state index contributed by atoms with van der Waals surface area (Å²) in [5.74, 6) is -0.134. The maximum atomic E-state index is 13.2. The van der Waals surface area contributed by atoms with E-state index in [1.54, 1.807) is 25.3 Å². The number of rotatable bonds is 5. The Hall–Kier alpha value is -2.50. The lowest BCUT2D eigenvalue weighted by molar-refractivity contribution is 0.0934. The molecular weight excluding hydrogens is 271 g/mol. The molecule has 0 radical (unpaired) electrons. The minimum Gasteiger partial charge on any atom is -0.369 e. The molecule has 0 aliphatic carbocycles. The van der Waals surface area contributed by atoms with Crippen molar-refractivity contribution in [1.82, 2.24) is 15.3 Å². The number of halogens is 1. The Morgan fingerprint density at radius 2 is 2.19 bits per heavy atom. The van der Waals surface area contributed by atoms with Crippen molar-refractivity contribution >= 4 is 11.7 Å². The summed E-state index contributed by atoms with van der Waals surface area (Å²) in [4.78, 5) is 20.3. The molecule has 0 saturated carbocycles. The fraction of sp³-hybridized carbons (Fsp3) is 0.267. The number of anilines is 1. The normalized spacial score (nSPS) is 11.8. The van der Waals surface area contributed by atoms with Crippen LogP contribution in [-0.4, -0.2) is 22.4 Å². The van der Waals surface area contributed by atoms with E-state index in [-0.39, 0.29) is 23.5 Å². The summed E-state index contributed by atoms with van der Waals surface area (Å²) < 4.78 is 13.2. The molecule has 0 bridgehead atoms. The second-order valence-corrected chi connectivity index (χ2v) is 4.57. The molecule has 1 atom stereocenters. The van der Waals surface area contributed by atoms with Gasteiger partial charge in [-0.05, 0) is 31.5 Å². The van der Waals surface area contributed by atoms with Gasteiger partial charge in [0.15, 0.2) is 0 Å². The lowest BCUT2D eigenvalue weighted by atomic mass is 10.1. The molecule has 1 heterocycles. The molecular formula is C15H17FN4O. The molecule has 0 saturated heterocycles. The SMILES string of the molecule is CCNc1cncc(C(=O)NC(C)c2cccc(F)c2)n1. The van der Waals surface area contributed by atoms with Gasteiger partial charge in [0, 0.05) is 6.54 Å². The predicted octanol–water partition coefficient (Wildman–Crippen LogP) is 2.54. The fourth-order valence-electron chi connectivity index (χ4n) is 1.87. The van der Waals surface area contributed by atoms with Crippen LogP contribution in [-0.2, 0) is 0 Å². The largest absolute Gasteiger partial charge is 0.369 e. The average Bonchev–Trinajstić information content (AvgIpc) is 2.48. The number of hydrogen-bond acceptors (Lipinski definition) is 4. The summed E-state index contributed by atoms with van der Waals surface area (Å²) in [6.45, 7) is 4.41. The van der Waals surface area contributed by atoms with Crippen molar-refractivity contribution in [3.63, 3.8) is 0 Å². The molecule has 21 heavy (non-hydrogen) atoms. The van der Waals surface area contributed by atoms with Gasteiger partial charge < -0.3 is 10.6 Å². The Labute approximate surface area is 122 Å². The van der Waals surface area contributed by atoms with Crippen LogP contribution in [0.1, 0.15) is 35.9 Å². The fourth-order valence-corrected chi connectivity index (χ4v) is 1.87. The number of nitrogens with one attached hydrogen (secondary N) is 2. The smallest absolute Gasteiger partial charge is 0.272 e. The first-order valence-electron chi connectivity index (χ1n) is 6.72. The van der Waals surface area contributed by atoms with Crippen LogP contribution < -0.4 is 10.6 Å². The highest BCUT2D eigenvalue weighted by Crippen LogP contribution is 2.14. The van der Waals surface area contributed by atoms with Gasteiger partial charge in [0.25, 0.3) is 5.91 Å². The highest BCUT2D eigenvalue weighted by Gasteiger charge is 2.13. The zero-order chi connectivity index (χ0) is 15.2. The van der Waals surface area contributed by atoms with Crippen LogP contribution in [0.2, 0.25) is 0 Å². The van der Waals surface area contributed by atoms with Crippen LogP contribution in [0.3, 0.4) is 0 Å². The summed E-state index contributed by atoms with van der Waals surface area (Å²) in [5.41, 5.74) is 0.913. The summed E-state index contributed by atoms with van der Waals surface area (Å²) in [6, 6.07) is 5.81. The zero-order valence-corrected chi connectivity index (χ0v) is 11.9. The summed E-state index contributed by atoms with van der Waals surface area (Å²) in [7, 11) is 0. The first-order valence-corrected chi connectivity index (χ1v) is 6.72. The van der Waals surface area contributed by atoms with Crippen LogP contribution in [0.15, 0.2) is 36.7 Å². The van der Waals surface area contributed by atoms with Gasteiger partial charge >= 0.3 is 0 Å². The Kier molecular flexibility index (Phi) is 4.81. The number of carbonyl (C=O) groups excluding carboxylic acids is 1. The molecule has 6 heteroatoms. The number of carbonyl (C=O) groups is 1. The van der Waals surface area contributed by atoms with Crippen LogP contribution in [0.25, 0.3) is 0 Å². The van der Waals surface area contributed by atoms with Crippen LogP contribution in [0.5, 0.6) is 0 Å². The molecule has 1 amide bonds.